The van der Waals surface area contributed by atoms with Crippen LogP contribution in [0.4, 0.5) is 0 Å². The Morgan fingerprint density at radius 2 is 1.59 bits per heavy atom. The second kappa shape index (κ2) is 10.5. The number of hydrogen-bond acceptors (Lipinski definition) is 3. The van der Waals surface area contributed by atoms with Crippen LogP contribution in [0.3, 0.4) is 0 Å². The molecule has 250 valence electrons. The molecule has 1 aromatic rings. The highest BCUT2D eigenvalue weighted by atomic mass is 35.5. The number of aliphatic hydroxyl groups excluding tert-OH is 1. The molecular weight excluding hydrogens is 590 g/mol. The van der Waals surface area contributed by atoms with Crippen molar-refractivity contribution in [2.24, 2.45) is 50.7 Å². The van der Waals surface area contributed by atoms with Crippen LogP contribution in [0.5, 0.6) is 0 Å². The summed E-state index contributed by atoms with van der Waals surface area (Å²) < 4.78 is 0. The third-order valence-corrected chi connectivity index (χ3v) is 15.8. The van der Waals surface area contributed by atoms with E-state index in [0.29, 0.717) is 35.0 Å². The zero-order chi connectivity index (χ0) is 33.1. The van der Waals surface area contributed by atoms with Crippen LogP contribution in [0, 0.1) is 50.7 Å². The van der Waals surface area contributed by atoms with Crippen LogP contribution in [0.1, 0.15) is 125 Å². The average Bonchev–Trinajstić information content (AvgIpc) is 3.69. The highest BCUT2D eigenvalue weighted by Crippen LogP contribution is 2.76. The van der Waals surface area contributed by atoms with Gasteiger partial charge >= 0.3 is 0 Å². The number of aliphatic hydroxyl groups is 1. The number of carbonyl (C=O) groups excluding carboxylic acids is 2. The van der Waals surface area contributed by atoms with E-state index < -0.39 is 0 Å². The first kappa shape index (κ1) is 32.6. The predicted molar refractivity (Wildman–Crippen MR) is 185 cm³/mol. The molecule has 1 amide bonds. The number of halogens is 1. The highest BCUT2D eigenvalue weighted by Gasteiger charge is 2.69. The first-order chi connectivity index (χ1) is 21.5. The Bertz CT molecular complexity index is 1500. The largest absolute Gasteiger partial charge is 0.393 e. The number of carbonyl (C=O) groups is 2. The normalized spacial score (nSPS) is 42.3. The lowest BCUT2D eigenvalue weighted by molar-refractivity contribution is -0.227. The number of allylic oxidation sites excluding steroid dienone is 3. The van der Waals surface area contributed by atoms with Gasteiger partial charge in [-0.1, -0.05) is 78.3 Å². The Morgan fingerprint density at radius 3 is 2.24 bits per heavy atom. The summed E-state index contributed by atoms with van der Waals surface area (Å²) in [5, 5.41) is 15.1. The van der Waals surface area contributed by atoms with Gasteiger partial charge in [-0.2, -0.15) is 0 Å². The summed E-state index contributed by atoms with van der Waals surface area (Å²) in [6, 6.07) is 7.83. The molecule has 4 nitrogen and oxygen atoms in total. The van der Waals surface area contributed by atoms with Crippen LogP contribution in [-0.2, 0) is 15.1 Å². The third kappa shape index (κ3) is 4.47. The number of Topliss-reactive ketones (excluding diaryl/α,β-unsaturated/α-hetero) is 1. The van der Waals surface area contributed by atoms with Gasteiger partial charge in [-0.15, -0.1) is 0 Å². The van der Waals surface area contributed by atoms with Crippen molar-refractivity contribution >= 4 is 23.3 Å². The van der Waals surface area contributed by atoms with E-state index in [0.717, 1.165) is 56.1 Å². The van der Waals surface area contributed by atoms with Gasteiger partial charge in [0.2, 0.25) is 5.91 Å². The molecule has 6 aliphatic rings. The van der Waals surface area contributed by atoms with Gasteiger partial charge in [0.1, 0.15) is 0 Å². The predicted octanol–water partition coefficient (Wildman–Crippen LogP) is 9.34. The van der Waals surface area contributed by atoms with Crippen molar-refractivity contribution in [1.82, 2.24) is 5.32 Å². The van der Waals surface area contributed by atoms with Crippen LogP contribution in [0.15, 0.2) is 47.6 Å². The molecule has 0 bridgehead atoms. The van der Waals surface area contributed by atoms with E-state index in [4.69, 9.17) is 11.6 Å². The standard InChI is InChI=1S/C41H56ClNO3/c1-25(2)34-29(44)24-40(19-16-33(46)43-41(22-23-41)26-8-10-27(42)11-9-26)21-20-38(6)28(35(34)40)12-13-31-37(5)17-15-32(45)36(3,4)30(37)14-18-39(31,38)7/h8-11,16,19,25,28,30-32,45H,12-15,17-18,20-24H2,1-7H3,(H,43,46). The van der Waals surface area contributed by atoms with Crippen molar-refractivity contribution in [2.45, 2.75) is 131 Å². The molecule has 0 spiro atoms. The first-order valence-corrected chi connectivity index (χ1v) is 18.6. The second-order valence-electron chi connectivity index (χ2n) is 18.1. The van der Waals surface area contributed by atoms with Crippen molar-refractivity contribution in [3.8, 4) is 0 Å². The molecule has 7 rings (SSSR count). The summed E-state index contributed by atoms with van der Waals surface area (Å²) in [6.45, 7) is 16.8. The van der Waals surface area contributed by atoms with Crippen LogP contribution in [0.2, 0.25) is 5.02 Å². The van der Waals surface area contributed by atoms with Crippen molar-refractivity contribution in [2.75, 3.05) is 0 Å². The smallest absolute Gasteiger partial charge is 0.244 e. The van der Waals surface area contributed by atoms with Gasteiger partial charge in [0, 0.05) is 16.9 Å². The van der Waals surface area contributed by atoms with E-state index in [1.807, 2.05) is 24.3 Å². The lowest BCUT2D eigenvalue weighted by Crippen LogP contribution is -2.65. The Kier molecular flexibility index (Phi) is 7.48. The summed E-state index contributed by atoms with van der Waals surface area (Å²) in [6.07, 6.45) is 14.7. The second-order valence-corrected chi connectivity index (χ2v) is 18.6. The average molecular weight is 646 g/mol. The molecular formula is C41H56ClNO3. The summed E-state index contributed by atoms with van der Waals surface area (Å²) in [5.74, 6) is 1.91. The van der Waals surface area contributed by atoms with Crippen LogP contribution in [-0.4, -0.2) is 22.9 Å². The van der Waals surface area contributed by atoms with Crippen molar-refractivity contribution < 1.29 is 14.7 Å². The van der Waals surface area contributed by atoms with Crippen molar-refractivity contribution in [3.05, 3.63) is 58.1 Å². The molecule has 0 heterocycles. The molecule has 8 atom stereocenters. The van der Waals surface area contributed by atoms with Crippen LogP contribution < -0.4 is 5.32 Å². The fourth-order valence-electron chi connectivity index (χ4n) is 12.7. The SMILES string of the molecule is CC(C)C1=C2C3CCC4C5(C)CCC(O)C(C)(C)C5CCC4(C)C3(C)CCC2(C=CC(=O)NC2(c3ccc(Cl)cc3)CC2)CC1=O. The number of hydrogen-bond donors (Lipinski definition) is 2. The number of ketones is 1. The molecule has 0 aliphatic heterocycles. The molecule has 0 aromatic heterocycles. The molecule has 8 unspecified atom stereocenters. The topological polar surface area (TPSA) is 66.4 Å². The Hall–Kier alpha value is -1.91. The molecule has 5 saturated carbocycles. The van der Waals surface area contributed by atoms with E-state index in [2.05, 4.69) is 59.9 Å². The quantitative estimate of drug-likeness (QED) is 0.314. The van der Waals surface area contributed by atoms with Crippen molar-refractivity contribution in [1.29, 1.82) is 0 Å². The zero-order valence-electron chi connectivity index (χ0n) is 29.3. The van der Waals surface area contributed by atoms with E-state index >= 15 is 0 Å². The van der Waals surface area contributed by atoms with Gasteiger partial charge in [0.05, 0.1) is 11.6 Å². The summed E-state index contributed by atoms with van der Waals surface area (Å²) in [7, 11) is 0. The summed E-state index contributed by atoms with van der Waals surface area (Å²) in [5.41, 5.74) is 3.30. The summed E-state index contributed by atoms with van der Waals surface area (Å²) >= 11 is 6.14. The lowest BCUT2D eigenvalue weighted by atomic mass is 9.33. The molecule has 5 fully saturated rings. The van der Waals surface area contributed by atoms with Crippen molar-refractivity contribution in [3.63, 3.8) is 0 Å². The zero-order valence-corrected chi connectivity index (χ0v) is 30.0. The number of nitrogens with one attached hydrogen (secondary N) is 1. The maximum absolute atomic E-state index is 13.9. The number of amides is 1. The van der Waals surface area contributed by atoms with Gasteiger partial charge in [0.25, 0.3) is 0 Å². The number of rotatable bonds is 5. The van der Waals surface area contributed by atoms with Crippen LogP contribution >= 0.6 is 11.6 Å². The fraction of sp³-hybridized carbons (Fsp3) is 0.707. The monoisotopic (exact) mass is 645 g/mol. The molecule has 5 heteroatoms. The lowest BCUT2D eigenvalue weighted by Gasteiger charge is -2.72. The fourth-order valence-corrected chi connectivity index (χ4v) is 12.9. The van der Waals surface area contributed by atoms with Gasteiger partial charge in [-0.25, -0.2) is 0 Å². The summed E-state index contributed by atoms with van der Waals surface area (Å²) in [4.78, 5) is 27.5. The Balaban J connectivity index is 1.21. The van der Waals surface area contributed by atoms with Gasteiger partial charge in [-0.3, -0.25) is 9.59 Å². The molecule has 0 saturated heterocycles. The number of benzene rings is 1. The Labute approximate surface area is 282 Å². The molecule has 46 heavy (non-hydrogen) atoms. The first-order valence-electron chi connectivity index (χ1n) is 18.3. The van der Waals surface area contributed by atoms with E-state index in [1.54, 1.807) is 6.08 Å². The highest BCUT2D eigenvalue weighted by molar-refractivity contribution is 6.30. The van der Waals surface area contributed by atoms with Crippen LogP contribution in [0.25, 0.3) is 0 Å². The minimum Gasteiger partial charge on any atom is -0.393 e. The minimum absolute atomic E-state index is 0.0585. The minimum atomic E-state index is -0.365. The molecule has 2 N–H and O–H groups in total. The maximum Gasteiger partial charge on any atom is 0.244 e. The molecule has 1 aromatic carbocycles. The van der Waals surface area contributed by atoms with E-state index in [-0.39, 0.29) is 50.5 Å². The van der Waals surface area contributed by atoms with E-state index in [9.17, 15) is 14.7 Å². The van der Waals surface area contributed by atoms with E-state index in [1.165, 1.54) is 24.8 Å². The maximum atomic E-state index is 13.9. The molecule has 6 aliphatic carbocycles. The third-order valence-electron chi connectivity index (χ3n) is 15.5. The number of fused-ring (bicyclic) bond motifs is 7. The Morgan fingerprint density at radius 1 is 0.891 bits per heavy atom. The molecule has 0 radical (unpaired) electrons. The van der Waals surface area contributed by atoms with Gasteiger partial charge in [-0.05, 0) is 144 Å². The van der Waals surface area contributed by atoms with Gasteiger partial charge in [0.15, 0.2) is 5.78 Å². The van der Waals surface area contributed by atoms with Gasteiger partial charge < -0.3 is 10.4 Å².